The van der Waals surface area contributed by atoms with E-state index in [0.717, 1.165) is 51.6 Å². The van der Waals surface area contributed by atoms with E-state index < -0.39 is 11.9 Å². The molecule has 2 unspecified atom stereocenters. The maximum atomic E-state index is 12.4. The zero-order valence-corrected chi connectivity index (χ0v) is 13.2. The van der Waals surface area contributed by atoms with E-state index in [-0.39, 0.29) is 12.1 Å². The van der Waals surface area contributed by atoms with Gasteiger partial charge in [-0.05, 0) is 31.1 Å². The number of hydrogen-bond donors (Lipinski definition) is 2. The molecule has 5 nitrogen and oxygen atoms in total. The van der Waals surface area contributed by atoms with Crippen molar-refractivity contribution in [1.29, 1.82) is 0 Å². The van der Waals surface area contributed by atoms with Crippen LogP contribution in [0.4, 0.5) is 4.79 Å². The second-order valence-corrected chi connectivity index (χ2v) is 6.94. The molecule has 1 saturated carbocycles. The van der Waals surface area contributed by atoms with E-state index in [9.17, 15) is 14.7 Å². The molecule has 2 N–H and O–H groups in total. The Bertz CT molecular complexity index is 389. The van der Waals surface area contributed by atoms with Crippen molar-refractivity contribution < 1.29 is 14.7 Å². The number of nitrogens with zero attached hydrogens (tertiary/aromatic N) is 1. The van der Waals surface area contributed by atoms with Gasteiger partial charge in [0.25, 0.3) is 0 Å². The number of rotatable bonds is 3. The van der Waals surface area contributed by atoms with Crippen molar-refractivity contribution in [3.63, 3.8) is 0 Å². The first-order valence-corrected chi connectivity index (χ1v) is 8.23. The molecule has 1 saturated heterocycles. The van der Waals surface area contributed by atoms with Crippen molar-refractivity contribution in [2.75, 3.05) is 13.1 Å². The molecule has 2 aliphatic rings. The van der Waals surface area contributed by atoms with Crippen molar-refractivity contribution in [3.8, 4) is 0 Å². The van der Waals surface area contributed by atoms with Crippen LogP contribution in [-0.4, -0.2) is 41.1 Å². The summed E-state index contributed by atoms with van der Waals surface area (Å²) in [4.78, 5) is 25.5. The molecule has 5 heteroatoms. The maximum absolute atomic E-state index is 12.4. The third-order valence-corrected chi connectivity index (χ3v) is 5.50. The average molecular weight is 296 g/mol. The van der Waals surface area contributed by atoms with Gasteiger partial charge in [-0.1, -0.05) is 33.1 Å². The normalized spacial score (nSPS) is 29.0. The van der Waals surface area contributed by atoms with Crippen molar-refractivity contribution in [1.82, 2.24) is 10.2 Å². The highest BCUT2D eigenvalue weighted by Gasteiger charge is 2.35. The van der Waals surface area contributed by atoms with E-state index in [0.29, 0.717) is 11.8 Å². The lowest BCUT2D eigenvalue weighted by Gasteiger charge is -2.40. The largest absolute Gasteiger partial charge is 0.481 e. The summed E-state index contributed by atoms with van der Waals surface area (Å²) in [5, 5.41) is 12.2. The smallest absolute Gasteiger partial charge is 0.317 e. The molecule has 0 radical (unpaired) electrons. The summed E-state index contributed by atoms with van der Waals surface area (Å²) in [5.74, 6) is -1.20. The number of likely N-dealkylation sites (tertiary alicyclic amines) is 1. The van der Waals surface area contributed by atoms with Crippen LogP contribution < -0.4 is 5.32 Å². The SMILES string of the molecule is CCC1(C)CCN(C(=O)NC2CCCCC2C(=O)O)CC1. The fraction of sp³-hybridized carbons (Fsp3) is 0.875. The molecule has 1 aliphatic carbocycles. The van der Waals surface area contributed by atoms with E-state index in [4.69, 9.17) is 0 Å². The lowest BCUT2D eigenvalue weighted by atomic mass is 9.78. The third kappa shape index (κ3) is 3.89. The topological polar surface area (TPSA) is 69.6 Å². The number of carboxylic acids is 1. The number of hydrogen-bond acceptors (Lipinski definition) is 2. The van der Waals surface area contributed by atoms with Gasteiger partial charge in [-0.15, -0.1) is 0 Å². The molecular formula is C16H28N2O3. The predicted octanol–water partition coefficient (Wildman–Crippen LogP) is 2.85. The molecule has 0 aromatic carbocycles. The Morgan fingerprint density at radius 3 is 2.43 bits per heavy atom. The molecule has 0 aromatic heterocycles. The lowest BCUT2D eigenvalue weighted by Crippen LogP contribution is -2.52. The Morgan fingerprint density at radius 1 is 1.24 bits per heavy atom. The summed E-state index contributed by atoms with van der Waals surface area (Å²) in [6, 6.07) is -0.283. The van der Waals surface area contributed by atoms with E-state index in [1.807, 2.05) is 4.90 Å². The number of carbonyl (C=O) groups is 2. The zero-order valence-electron chi connectivity index (χ0n) is 13.2. The highest BCUT2D eigenvalue weighted by molar-refractivity contribution is 5.77. The van der Waals surface area contributed by atoms with Crippen LogP contribution in [0.15, 0.2) is 0 Å². The average Bonchev–Trinajstić information content (AvgIpc) is 2.48. The quantitative estimate of drug-likeness (QED) is 0.841. The van der Waals surface area contributed by atoms with Crippen LogP contribution >= 0.6 is 0 Å². The summed E-state index contributed by atoms with van der Waals surface area (Å²) < 4.78 is 0. The van der Waals surface area contributed by atoms with Gasteiger partial charge in [-0.25, -0.2) is 4.79 Å². The summed E-state index contributed by atoms with van der Waals surface area (Å²) >= 11 is 0. The molecular weight excluding hydrogens is 268 g/mol. The van der Waals surface area contributed by atoms with Crippen LogP contribution in [0, 0.1) is 11.3 Å². The summed E-state index contributed by atoms with van der Waals surface area (Å²) in [6.45, 7) is 6.04. The van der Waals surface area contributed by atoms with Gasteiger partial charge < -0.3 is 15.3 Å². The molecule has 0 aromatic rings. The summed E-state index contributed by atoms with van der Waals surface area (Å²) in [7, 11) is 0. The van der Waals surface area contributed by atoms with Crippen LogP contribution in [0.1, 0.15) is 58.8 Å². The van der Waals surface area contributed by atoms with Gasteiger partial charge in [0.2, 0.25) is 0 Å². The third-order valence-electron chi connectivity index (χ3n) is 5.50. The Hall–Kier alpha value is -1.26. The minimum absolute atomic E-state index is 0.0775. The number of piperidine rings is 1. The van der Waals surface area contributed by atoms with Gasteiger partial charge >= 0.3 is 12.0 Å². The molecule has 120 valence electrons. The highest BCUT2D eigenvalue weighted by Crippen LogP contribution is 2.34. The molecule has 0 bridgehead atoms. The minimum Gasteiger partial charge on any atom is -0.481 e. The number of carboxylic acid groups (broad SMARTS) is 1. The Morgan fingerprint density at radius 2 is 1.86 bits per heavy atom. The Kier molecular flexibility index (Phi) is 5.12. The summed E-state index contributed by atoms with van der Waals surface area (Å²) in [5.41, 5.74) is 0.352. The van der Waals surface area contributed by atoms with Crippen LogP contribution in [-0.2, 0) is 4.79 Å². The molecule has 2 fully saturated rings. The van der Waals surface area contributed by atoms with E-state index >= 15 is 0 Å². The molecule has 0 spiro atoms. The first-order valence-electron chi connectivity index (χ1n) is 8.23. The van der Waals surface area contributed by atoms with Crippen LogP contribution in [0.5, 0.6) is 0 Å². The Balaban J connectivity index is 1.88. The molecule has 21 heavy (non-hydrogen) atoms. The summed E-state index contributed by atoms with van der Waals surface area (Å²) in [6.07, 6.45) is 6.61. The lowest BCUT2D eigenvalue weighted by molar-refractivity contribution is -0.143. The minimum atomic E-state index is -0.780. The molecule has 2 amide bonds. The standard InChI is InChI=1S/C16H28N2O3/c1-3-16(2)8-10-18(11-9-16)15(21)17-13-7-5-4-6-12(13)14(19)20/h12-13H,3-11H2,1-2H3,(H,17,21)(H,19,20). The van der Waals surface area contributed by atoms with Crippen molar-refractivity contribution in [2.24, 2.45) is 11.3 Å². The fourth-order valence-electron chi connectivity index (χ4n) is 3.45. The fourth-order valence-corrected chi connectivity index (χ4v) is 3.45. The number of carbonyl (C=O) groups excluding carboxylic acids is 1. The van der Waals surface area contributed by atoms with Crippen molar-refractivity contribution >= 4 is 12.0 Å². The van der Waals surface area contributed by atoms with Gasteiger partial charge in [0.15, 0.2) is 0 Å². The van der Waals surface area contributed by atoms with E-state index in [1.54, 1.807) is 0 Å². The highest BCUT2D eigenvalue weighted by atomic mass is 16.4. The van der Waals surface area contributed by atoms with Crippen molar-refractivity contribution in [2.45, 2.75) is 64.8 Å². The number of amides is 2. The number of nitrogens with one attached hydrogen (secondary N) is 1. The molecule has 2 rings (SSSR count). The van der Waals surface area contributed by atoms with Gasteiger partial charge in [0.05, 0.1) is 5.92 Å². The van der Waals surface area contributed by atoms with Crippen LogP contribution in [0.25, 0.3) is 0 Å². The van der Waals surface area contributed by atoms with Gasteiger partial charge in [-0.3, -0.25) is 4.79 Å². The second kappa shape index (κ2) is 6.67. The van der Waals surface area contributed by atoms with Crippen LogP contribution in [0.2, 0.25) is 0 Å². The maximum Gasteiger partial charge on any atom is 0.317 e. The van der Waals surface area contributed by atoms with Gasteiger partial charge in [0.1, 0.15) is 0 Å². The van der Waals surface area contributed by atoms with E-state index in [1.165, 1.54) is 0 Å². The van der Waals surface area contributed by atoms with Gasteiger partial charge in [-0.2, -0.15) is 0 Å². The van der Waals surface area contributed by atoms with E-state index in [2.05, 4.69) is 19.2 Å². The first-order chi connectivity index (χ1) is 9.95. The molecule has 1 heterocycles. The first kappa shape index (κ1) is 16.1. The predicted molar refractivity (Wildman–Crippen MR) is 81.1 cm³/mol. The molecule has 2 atom stereocenters. The van der Waals surface area contributed by atoms with Gasteiger partial charge in [0, 0.05) is 19.1 Å². The Labute approximate surface area is 127 Å². The number of urea groups is 1. The zero-order chi connectivity index (χ0) is 15.5. The number of aliphatic carboxylic acids is 1. The van der Waals surface area contributed by atoms with Crippen LogP contribution in [0.3, 0.4) is 0 Å². The monoisotopic (exact) mass is 296 g/mol. The second-order valence-electron chi connectivity index (χ2n) is 6.94. The molecule has 1 aliphatic heterocycles. The van der Waals surface area contributed by atoms with Crippen molar-refractivity contribution in [3.05, 3.63) is 0 Å².